The molecule has 1 aliphatic heterocycles. The van der Waals surface area contributed by atoms with Crippen LogP contribution in [0.4, 0.5) is 0 Å². The van der Waals surface area contributed by atoms with E-state index in [0.29, 0.717) is 49.9 Å². The van der Waals surface area contributed by atoms with Gasteiger partial charge in [0.2, 0.25) is 53.2 Å². The molecule has 32 heteroatoms. The van der Waals surface area contributed by atoms with Crippen LogP contribution in [-0.2, 0) is 70.4 Å². The third-order valence-electron chi connectivity index (χ3n) is 13.9. The molecule has 0 bridgehead atoms. The Balaban J connectivity index is 1.90. The molecular weight excluding hydrogens is 1170 g/mol. The maximum absolute atomic E-state index is 14.5. The first-order valence-electron chi connectivity index (χ1n) is 29.3. The van der Waals surface area contributed by atoms with Crippen molar-refractivity contribution in [3.8, 4) is 11.5 Å². The van der Waals surface area contributed by atoms with Crippen molar-refractivity contribution < 1.29 is 83.1 Å². The van der Waals surface area contributed by atoms with Crippen LogP contribution in [0.1, 0.15) is 108 Å². The van der Waals surface area contributed by atoms with Gasteiger partial charge in [-0.25, -0.2) is 4.79 Å². The van der Waals surface area contributed by atoms with Crippen LogP contribution >= 0.6 is 0 Å². The van der Waals surface area contributed by atoms with Gasteiger partial charge in [-0.05, 0) is 132 Å². The Morgan fingerprint density at radius 1 is 0.528 bits per heavy atom. The van der Waals surface area contributed by atoms with Gasteiger partial charge in [0.1, 0.15) is 59.8 Å². The molecule has 9 atom stereocenters. The largest absolute Gasteiger partial charge is 0.508 e. The van der Waals surface area contributed by atoms with Crippen LogP contribution in [-0.4, -0.2) is 190 Å². The molecule has 0 unspecified atom stereocenters. The van der Waals surface area contributed by atoms with E-state index in [1.54, 1.807) is 13.8 Å². The molecule has 0 saturated carbocycles. The summed E-state index contributed by atoms with van der Waals surface area (Å²) in [4.78, 5) is 165. The maximum Gasteiger partial charge on any atom is 0.326 e. The minimum atomic E-state index is -2.05. The number of phenols is 2. The quantitative estimate of drug-likeness (QED) is 0.0171. The number of amides is 9. The molecule has 0 radical (unpaired) electrons. The van der Waals surface area contributed by atoms with E-state index in [1.807, 2.05) is 0 Å². The number of phenolic OH excluding ortho intramolecular Hbond substituents is 2. The summed E-state index contributed by atoms with van der Waals surface area (Å²) in [5, 5.41) is 74.2. The monoisotopic (exact) mass is 1250 g/mol. The molecule has 2 aromatic carbocycles. The number of unbranched alkanes of at least 4 members (excludes halogenated alkanes) is 2. The summed E-state index contributed by atoms with van der Waals surface area (Å²) in [5.41, 5.74) is 23.3. The van der Waals surface area contributed by atoms with Crippen molar-refractivity contribution in [1.82, 2.24) is 53.2 Å². The van der Waals surface area contributed by atoms with E-state index < -0.39 is 139 Å². The fourth-order valence-electron chi connectivity index (χ4n) is 9.26. The minimum absolute atomic E-state index is 0.0350. The Morgan fingerprint density at radius 3 is 1.38 bits per heavy atom. The minimum Gasteiger partial charge on any atom is -0.508 e. The van der Waals surface area contributed by atoms with Gasteiger partial charge in [0, 0.05) is 19.4 Å². The van der Waals surface area contributed by atoms with Gasteiger partial charge in [-0.15, -0.1) is 0 Å². The number of aromatic hydroxyl groups is 2. The number of carbonyl (C=O) groups excluding carboxylic acids is 9. The SMILES string of the molecule is CC(C)C[C@H](NC(=O)[C@H](Cc1ccc(O)cc1)NC(=O)CNC(=O)[C@H](CCCCN)NC(=O)[C@@H]1CCCN1)C(=O)N[C@@H](CCCN=C(N)N)C(=O)N[C@@H](CCCCN)C(=O)N[C@@H](CC(=O)O)C(=O)N[C@@H](CC(=O)O)C(=O)N[C@@H](Cc1ccc(O)cc1)C(=O)O. The maximum atomic E-state index is 14.5. The van der Waals surface area contributed by atoms with Crippen LogP contribution in [0.15, 0.2) is 53.5 Å². The molecule has 1 fully saturated rings. The number of hydrogen-bond donors (Lipinski definition) is 19. The molecular formula is C57H87N15O17. The Bertz CT molecular complexity index is 2740. The van der Waals surface area contributed by atoms with Gasteiger partial charge in [0.25, 0.3) is 0 Å². The molecule has 23 N–H and O–H groups in total. The highest BCUT2D eigenvalue weighted by Gasteiger charge is 2.36. The van der Waals surface area contributed by atoms with E-state index in [-0.39, 0.29) is 93.7 Å². The summed E-state index contributed by atoms with van der Waals surface area (Å²) in [6, 6.07) is -2.27. The van der Waals surface area contributed by atoms with Crippen molar-refractivity contribution in [2.45, 2.75) is 165 Å². The van der Waals surface area contributed by atoms with E-state index in [4.69, 9.17) is 22.9 Å². The number of guanidine groups is 1. The first-order chi connectivity index (χ1) is 42.2. The first kappa shape index (κ1) is 74.1. The number of carbonyl (C=O) groups is 12. The molecule has 1 heterocycles. The number of rotatable bonds is 41. The topological polar surface area (TPSA) is 543 Å². The second kappa shape index (κ2) is 38.9. The lowest BCUT2D eigenvalue weighted by atomic mass is 10.00. The van der Waals surface area contributed by atoms with E-state index in [0.717, 1.165) is 6.42 Å². The molecule has 3 rings (SSSR count). The van der Waals surface area contributed by atoms with Crippen molar-refractivity contribution in [2.75, 3.05) is 32.7 Å². The number of nitrogens with one attached hydrogen (secondary N) is 10. The van der Waals surface area contributed by atoms with E-state index >= 15 is 0 Å². The number of carboxylic acids is 3. The summed E-state index contributed by atoms with van der Waals surface area (Å²) < 4.78 is 0. The highest BCUT2D eigenvalue weighted by atomic mass is 16.4. The van der Waals surface area contributed by atoms with Gasteiger partial charge in [-0.2, -0.15) is 0 Å². The van der Waals surface area contributed by atoms with Crippen LogP contribution in [0, 0.1) is 5.92 Å². The smallest absolute Gasteiger partial charge is 0.326 e. The second-order valence-corrected chi connectivity index (χ2v) is 21.8. The van der Waals surface area contributed by atoms with Gasteiger partial charge in [-0.1, -0.05) is 38.1 Å². The highest BCUT2D eigenvalue weighted by Crippen LogP contribution is 2.16. The summed E-state index contributed by atoms with van der Waals surface area (Å²) in [6.45, 7) is 3.88. The number of aliphatic imine (C=N–C) groups is 1. The van der Waals surface area contributed by atoms with E-state index in [2.05, 4.69) is 58.2 Å². The number of nitrogens with two attached hydrogens (primary N) is 4. The molecule has 0 aromatic heterocycles. The Kier molecular flexibility index (Phi) is 32.4. The van der Waals surface area contributed by atoms with Crippen LogP contribution in [0.2, 0.25) is 0 Å². The number of nitrogens with zero attached hydrogens (tertiary/aromatic N) is 1. The molecule has 9 amide bonds. The molecule has 2 aromatic rings. The number of carboxylic acid groups (broad SMARTS) is 3. The van der Waals surface area contributed by atoms with Gasteiger partial charge in [-0.3, -0.25) is 57.7 Å². The molecule has 32 nitrogen and oxygen atoms in total. The van der Waals surface area contributed by atoms with E-state index in [9.17, 15) is 83.1 Å². The predicted octanol–water partition coefficient (Wildman–Crippen LogP) is -3.98. The van der Waals surface area contributed by atoms with Gasteiger partial charge in [0.05, 0.1) is 25.4 Å². The van der Waals surface area contributed by atoms with Gasteiger partial charge >= 0.3 is 17.9 Å². The lowest BCUT2D eigenvalue weighted by Gasteiger charge is -2.28. The zero-order chi connectivity index (χ0) is 66.2. The summed E-state index contributed by atoms with van der Waals surface area (Å²) in [5.74, 6) is -14.2. The molecule has 89 heavy (non-hydrogen) atoms. The Hall–Kier alpha value is -9.17. The summed E-state index contributed by atoms with van der Waals surface area (Å²) in [6.07, 6.45) is -0.152. The number of hydrogen-bond acceptors (Lipinski definition) is 18. The van der Waals surface area contributed by atoms with Crippen LogP contribution in [0.25, 0.3) is 0 Å². The average molecular weight is 1250 g/mol. The highest BCUT2D eigenvalue weighted by molar-refractivity contribution is 5.99. The van der Waals surface area contributed by atoms with Crippen molar-refractivity contribution in [2.24, 2.45) is 33.8 Å². The Labute approximate surface area is 514 Å². The van der Waals surface area contributed by atoms with Gasteiger partial charge in [0.15, 0.2) is 5.96 Å². The van der Waals surface area contributed by atoms with Crippen molar-refractivity contribution in [3.05, 3.63) is 59.7 Å². The fraction of sp³-hybridized carbons (Fsp3) is 0.561. The molecule has 0 spiro atoms. The van der Waals surface area contributed by atoms with Crippen molar-refractivity contribution in [3.63, 3.8) is 0 Å². The number of aliphatic carboxylic acids is 3. The standard InChI is InChI=1S/C57H87N15O17/c1-31(2)25-40(69-53(85)41(26-32-13-17-34(73)18-14-32)65-45(75)30-64-48(80)37(9-3-5-21-58)66-49(81)36-11-7-23-62-36)52(84)68-39(12-8-24-63-57(60)61)50(82)67-38(10-4-6-22-59)51(83)70-42(28-46(76)77)54(86)71-43(29-47(78)79)55(87)72-44(56(88)89)27-33-15-19-35(74)20-16-33/h13-20,31,36-44,62,73-74H,3-12,21-30,58-59H2,1-2H3,(H,64,80)(H,65,75)(H,66,81)(H,67,82)(H,68,84)(H,69,85)(H,70,83)(H,71,86)(H,72,87)(H,76,77)(H,78,79)(H,88,89)(H4,60,61,63)/t36-,37-,38-,39-,40-,41-,42-,43-,44-/m0/s1. The zero-order valence-electron chi connectivity index (χ0n) is 49.9. The fourth-order valence-corrected chi connectivity index (χ4v) is 9.26. The normalized spacial score (nSPS) is 15.4. The van der Waals surface area contributed by atoms with Crippen molar-refractivity contribution >= 4 is 77.0 Å². The zero-order valence-corrected chi connectivity index (χ0v) is 49.9. The number of benzene rings is 2. The van der Waals surface area contributed by atoms with Crippen LogP contribution in [0.3, 0.4) is 0 Å². The molecule has 1 aliphatic rings. The summed E-state index contributed by atoms with van der Waals surface area (Å²) in [7, 11) is 0. The van der Waals surface area contributed by atoms with Crippen molar-refractivity contribution in [1.29, 1.82) is 0 Å². The van der Waals surface area contributed by atoms with Crippen LogP contribution < -0.4 is 76.1 Å². The lowest BCUT2D eigenvalue weighted by Crippen LogP contribution is -2.60. The third kappa shape index (κ3) is 28.5. The summed E-state index contributed by atoms with van der Waals surface area (Å²) >= 11 is 0. The van der Waals surface area contributed by atoms with Gasteiger partial charge < -0.3 is 102 Å². The second-order valence-electron chi connectivity index (χ2n) is 21.8. The predicted molar refractivity (Wildman–Crippen MR) is 320 cm³/mol. The average Bonchev–Trinajstić information content (AvgIpc) is 3.97. The first-order valence-corrected chi connectivity index (χ1v) is 29.3. The third-order valence-corrected chi connectivity index (χ3v) is 13.9. The van der Waals surface area contributed by atoms with Crippen LogP contribution in [0.5, 0.6) is 11.5 Å². The molecule has 492 valence electrons. The lowest BCUT2D eigenvalue weighted by molar-refractivity contribution is -0.145. The molecule has 1 saturated heterocycles. The molecule has 0 aliphatic carbocycles. The Morgan fingerprint density at radius 2 is 0.944 bits per heavy atom. The van der Waals surface area contributed by atoms with E-state index in [1.165, 1.54) is 48.5 Å².